The second-order valence-corrected chi connectivity index (χ2v) is 6.07. The van der Waals surface area contributed by atoms with Gasteiger partial charge in [0, 0.05) is 19.4 Å². The topological polar surface area (TPSA) is 59.6 Å². The lowest BCUT2D eigenvalue weighted by molar-refractivity contribution is 0.0157. The smallest absolute Gasteiger partial charge is 0.315 e. The number of para-hydroxylation sites is 1. The van der Waals surface area contributed by atoms with E-state index in [1.165, 1.54) is 0 Å². The standard InChI is InChI=1S/C15H22N2O3S/c1-19-15(7-10-21-12-15)11-17-14(18)16-8-9-20-13-5-3-2-4-6-13/h2-6H,7-12H2,1H3,(H2,16,17,18)/t15-/m1/s1. The SMILES string of the molecule is CO[C@@]1(CNC(=O)NCCOc2ccccc2)CCSC1. The lowest BCUT2D eigenvalue weighted by Gasteiger charge is -2.26. The van der Waals surface area contributed by atoms with E-state index in [-0.39, 0.29) is 11.6 Å². The van der Waals surface area contributed by atoms with Crippen LogP contribution < -0.4 is 15.4 Å². The first-order chi connectivity index (χ1) is 10.2. The van der Waals surface area contributed by atoms with Gasteiger partial charge in [-0.1, -0.05) is 18.2 Å². The average Bonchev–Trinajstić information content (AvgIpc) is 3.00. The number of nitrogens with one attached hydrogen (secondary N) is 2. The molecule has 5 nitrogen and oxygen atoms in total. The van der Waals surface area contributed by atoms with Crippen LogP contribution in [0.15, 0.2) is 30.3 Å². The molecule has 116 valence electrons. The lowest BCUT2D eigenvalue weighted by Crippen LogP contribution is -2.48. The molecule has 0 aliphatic carbocycles. The highest BCUT2D eigenvalue weighted by molar-refractivity contribution is 7.99. The molecular formula is C15H22N2O3S. The third kappa shape index (κ3) is 5.13. The Balaban J connectivity index is 1.59. The molecule has 0 spiro atoms. The molecule has 0 unspecified atom stereocenters. The first kappa shape index (κ1) is 16.0. The zero-order chi connectivity index (χ0) is 15.0. The minimum Gasteiger partial charge on any atom is -0.492 e. The Morgan fingerprint density at radius 3 is 2.81 bits per heavy atom. The molecule has 1 aromatic rings. The minimum absolute atomic E-state index is 0.181. The van der Waals surface area contributed by atoms with Crippen molar-refractivity contribution < 1.29 is 14.3 Å². The zero-order valence-electron chi connectivity index (χ0n) is 12.3. The molecule has 0 bridgehead atoms. The normalized spacial score (nSPS) is 21.0. The summed E-state index contributed by atoms with van der Waals surface area (Å²) in [5, 5.41) is 5.65. The fourth-order valence-electron chi connectivity index (χ4n) is 2.12. The summed E-state index contributed by atoms with van der Waals surface area (Å²) in [6.07, 6.45) is 0.978. The Labute approximate surface area is 129 Å². The Bertz CT molecular complexity index is 436. The summed E-state index contributed by atoms with van der Waals surface area (Å²) in [6.45, 7) is 1.46. The minimum atomic E-state index is -0.206. The molecule has 1 heterocycles. The van der Waals surface area contributed by atoms with Crippen molar-refractivity contribution in [2.45, 2.75) is 12.0 Å². The monoisotopic (exact) mass is 310 g/mol. The number of ether oxygens (including phenoxy) is 2. The van der Waals surface area contributed by atoms with E-state index in [2.05, 4.69) is 10.6 Å². The Hall–Kier alpha value is -1.40. The Kier molecular flexibility index (Phi) is 6.20. The summed E-state index contributed by atoms with van der Waals surface area (Å²) in [7, 11) is 1.71. The van der Waals surface area contributed by atoms with Crippen molar-refractivity contribution in [3.8, 4) is 5.75 Å². The van der Waals surface area contributed by atoms with Crippen LogP contribution in [0.4, 0.5) is 4.79 Å². The van der Waals surface area contributed by atoms with E-state index in [4.69, 9.17) is 9.47 Å². The molecule has 0 aromatic heterocycles. The van der Waals surface area contributed by atoms with Gasteiger partial charge in [0.25, 0.3) is 0 Å². The maximum Gasteiger partial charge on any atom is 0.315 e. The second kappa shape index (κ2) is 8.14. The molecule has 0 saturated carbocycles. The van der Waals surface area contributed by atoms with Crippen molar-refractivity contribution in [2.24, 2.45) is 0 Å². The maximum absolute atomic E-state index is 11.7. The maximum atomic E-state index is 11.7. The van der Waals surface area contributed by atoms with Gasteiger partial charge in [-0.15, -0.1) is 0 Å². The van der Waals surface area contributed by atoms with Gasteiger partial charge in [-0.3, -0.25) is 0 Å². The predicted molar refractivity (Wildman–Crippen MR) is 85.0 cm³/mol. The number of benzene rings is 1. The van der Waals surface area contributed by atoms with Crippen LogP contribution in [0.1, 0.15) is 6.42 Å². The number of carbonyl (C=O) groups excluding carboxylic acids is 1. The van der Waals surface area contributed by atoms with E-state index < -0.39 is 0 Å². The van der Waals surface area contributed by atoms with Gasteiger partial charge in [-0.05, 0) is 24.3 Å². The molecule has 2 amide bonds. The number of hydrogen-bond donors (Lipinski definition) is 2. The molecule has 21 heavy (non-hydrogen) atoms. The first-order valence-electron chi connectivity index (χ1n) is 7.07. The highest BCUT2D eigenvalue weighted by atomic mass is 32.2. The zero-order valence-corrected chi connectivity index (χ0v) is 13.1. The first-order valence-corrected chi connectivity index (χ1v) is 8.22. The quantitative estimate of drug-likeness (QED) is 0.755. The highest BCUT2D eigenvalue weighted by Crippen LogP contribution is 2.30. The third-order valence-corrected chi connectivity index (χ3v) is 4.69. The van der Waals surface area contributed by atoms with Crippen LogP contribution in [-0.2, 0) is 4.74 Å². The van der Waals surface area contributed by atoms with E-state index in [1.807, 2.05) is 42.1 Å². The van der Waals surface area contributed by atoms with Gasteiger partial charge in [0.2, 0.25) is 0 Å². The van der Waals surface area contributed by atoms with Crippen LogP contribution in [0.5, 0.6) is 5.75 Å². The van der Waals surface area contributed by atoms with Crippen LogP contribution in [0.3, 0.4) is 0 Å². The average molecular weight is 310 g/mol. The summed E-state index contributed by atoms with van der Waals surface area (Å²) in [6, 6.07) is 9.37. The van der Waals surface area contributed by atoms with E-state index in [1.54, 1.807) is 7.11 Å². The van der Waals surface area contributed by atoms with Crippen LogP contribution in [0.2, 0.25) is 0 Å². The number of urea groups is 1. The molecule has 6 heteroatoms. The summed E-state index contributed by atoms with van der Waals surface area (Å²) in [4.78, 5) is 11.7. The van der Waals surface area contributed by atoms with Crippen molar-refractivity contribution in [3.05, 3.63) is 30.3 Å². The summed E-state index contributed by atoms with van der Waals surface area (Å²) < 4.78 is 11.0. The number of thioether (sulfide) groups is 1. The summed E-state index contributed by atoms with van der Waals surface area (Å²) in [5.74, 6) is 2.82. The van der Waals surface area contributed by atoms with Gasteiger partial charge < -0.3 is 20.1 Å². The molecule has 1 fully saturated rings. The Morgan fingerprint density at radius 1 is 1.33 bits per heavy atom. The van der Waals surface area contributed by atoms with Crippen molar-refractivity contribution in [3.63, 3.8) is 0 Å². The van der Waals surface area contributed by atoms with Crippen LogP contribution >= 0.6 is 11.8 Å². The van der Waals surface area contributed by atoms with Crippen molar-refractivity contribution >= 4 is 17.8 Å². The van der Waals surface area contributed by atoms with Crippen molar-refractivity contribution in [2.75, 3.05) is 38.3 Å². The molecule has 1 atom stereocenters. The van der Waals surface area contributed by atoms with Crippen molar-refractivity contribution in [1.29, 1.82) is 0 Å². The molecule has 0 radical (unpaired) electrons. The largest absolute Gasteiger partial charge is 0.492 e. The molecule has 1 aliphatic heterocycles. The number of amides is 2. The second-order valence-electron chi connectivity index (χ2n) is 4.96. The van der Waals surface area contributed by atoms with E-state index in [0.717, 1.165) is 23.7 Å². The molecule has 1 aromatic carbocycles. The fourth-order valence-corrected chi connectivity index (χ4v) is 3.51. The van der Waals surface area contributed by atoms with E-state index in [9.17, 15) is 4.79 Å². The highest BCUT2D eigenvalue weighted by Gasteiger charge is 2.34. The van der Waals surface area contributed by atoms with Gasteiger partial charge in [-0.2, -0.15) is 11.8 Å². The van der Waals surface area contributed by atoms with Gasteiger partial charge >= 0.3 is 6.03 Å². The summed E-state index contributed by atoms with van der Waals surface area (Å²) >= 11 is 1.86. The van der Waals surface area contributed by atoms with Gasteiger partial charge in [0.15, 0.2) is 0 Å². The van der Waals surface area contributed by atoms with Crippen LogP contribution in [-0.4, -0.2) is 49.9 Å². The number of methoxy groups -OCH3 is 1. The summed E-state index contributed by atoms with van der Waals surface area (Å²) in [5.41, 5.74) is -0.206. The molecule has 2 rings (SSSR count). The molecule has 1 saturated heterocycles. The van der Waals surface area contributed by atoms with Crippen LogP contribution in [0.25, 0.3) is 0 Å². The molecular weight excluding hydrogens is 288 g/mol. The fraction of sp³-hybridized carbons (Fsp3) is 0.533. The van der Waals surface area contributed by atoms with E-state index >= 15 is 0 Å². The van der Waals surface area contributed by atoms with Gasteiger partial charge in [0.1, 0.15) is 12.4 Å². The van der Waals surface area contributed by atoms with Crippen molar-refractivity contribution in [1.82, 2.24) is 10.6 Å². The third-order valence-electron chi connectivity index (χ3n) is 3.47. The molecule has 2 N–H and O–H groups in total. The van der Waals surface area contributed by atoms with E-state index in [0.29, 0.717) is 19.7 Å². The predicted octanol–water partition coefficient (Wildman–Crippen LogP) is 1.89. The van der Waals surface area contributed by atoms with Crippen LogP contribution in [0, 0.1) is 0 Å². The molecule has 1 aliphatic rings. The van der Waals surface area contributed by atoms with Gasteiger partial charge in [0.05, 0.1) is 12.1 Å². The Morgan fingerprint density at radius 2 is 2.14 bits per heavy atom. The number of hydrogen-bond acceptors (Lipinski definition) is 4. The number of carbonyl (C=O) groups is 1. The number of rotatable bonds is 7. The van der Waals surface area contributed by atoms with Gasteiger partial charge in [-0.25, -0.2) is 4.79 Å². The lowest BCUT2D eigenvalue weighted by atomic mass is 10.0.